The molecule has 0 saturated heterocycles. The van der Waals surface area contributed by atoms with E-state index < -0.39 is 11.8 Å². The summed E-state index contributed by atoms with van der Waals surface area (Å²) in [6, 6.07) is 8.88. The van der Waals surface area contributed by atoms with E-state index in [4.69, 9.17) is 0 Å². The zero-order valence-corrected chi connectivity index (χ0v) is 14.1. The van der Waals surface area contributed by atoms with Crippen molar-refractivity contribution >= 4 is 23.2 Å². The topological polar surface area (TPSA) is 70.6 Å². The largest absolute Gasteiger partial charge is 0.329 e. The number of rotatable bonds is 2. The van der Waals surface area contributed by atoms with E-state index >= 15 is 0 Å². The van der Waals surface area contributed by atoms with Gasteiger partial charge in [0.05, 0.1) is 0 Å². The van der Waals surface area contributed by atoms with E-state index in [1.807, 2.05) is 6.07 Å². The molecule has 1 aromatic rings. The normalized spacial score (nSPS) is 18.2. The predicted octanol–water partition coefficient (Wildman–Crippen LogP) is 3.33. The second-order valence-electron chi connectivity index (χ2n) is 7.08. The van der Waals surface area contributed by atoms with Crippen molar-refractivity contribution in [2.24, 2.45) is 16.4 Å². The second-order valence-corrected chi connectivity index (χ2v) is 7.08. The van der Waals surface area contributed by atoms with Crippen LogP contribution in [0.25, 0.3) is 0 Å². The lowest BCUT2D eigenvalue weighted by atomic mass is 9.72. The van der Waals surface area contributed by atoms with Gasteiger partial charge in [-0.05, 0) is 49.1 Å². The van der Waals surface area contributed by atoms with Crippen molar-refractivity contribution in [3.05, 3.63) is 30.3 Å². The average Bonchev–Trinajstić information content (AvgIpc) is 2.53. The molecule has 1 saturated carbocycles. The standard InChI is InChI=1S/C18H25N3O2/c1-18(2,3)13-9-11-15(12-10-13)20-21-17(23)16(22)19-14-7-5-4-6-8-14/h4-8,13H,9-12H2,1-3H3,(H,19,22)(H,21,23). The molecule has 1 fully saturated rings. The molecule has 5 heteroatoms. The Morgan fingerprint density at radius 1 is 1.04 bits per heavy atom. The SMILES string of the molecule is CC(C)(C)C1CCC(=NNC(=O)C(=O)Nc2ccccc2)CC1. The summed E-state index contributed by atoms with van der Waals surface area (Å²) in [6.45, 7) is 6.78. The minimum atomic E-state index is -0.737. The molecule has 1 aliphatic rings. The summed E-state index contributed by atoms with van der Waals surface area (Å²) < 4.78 is 0. The molecule has 1 aromatic carbocycles. The molecule has 0 radical (unpaired) electrons. The number of nitrogens with one attached hydrogen (secondary N) is 2. The van der Waals surface area contributed by atoms with Crippen molar-refractivity contribution in [2.75, 3.05) is 5.32 Å². The van der Waals surface area contributed by atoms with Gasteiger partial charge in [-0.25, -0.2) is 5.43 Å². The molecule has 5 nitrogen and oxygen atoms in total. The van der Waals surface area contributed by atoms with Crippen molar-refractivity contribution in [3.63, 3.8) is 0 Å². The summed E-state index contributed by atoms with van der Waals surface area (Å²) in [7, 11) is 0. The molecule has 0 heterocycles. The summed E-state index contributed by atoms with van der Waals surface area (Å²) in [6.07, 6.45) is 3.91. The maximum Gasteiger partial charge on any atom is 0.329 e. The quantitative estimate of drug-likeness (QED) is 0.649. The van der Waals surface area contributed by atoms with Crippen LogP contribution in [0, 0.1) is 11.3 Å². The molecule has 0 spiro atoms. The second kappa shape index (κ2) is 7.40. The molecule has 124 valence electrons. The zero-order chi connectivity index (χ0) is 16.9. The molecule has 2 amide bonds. The maximum absolute atomic E-state index is 11.8. The molecule has 0 bridgehead atoms. The van der Waals surface area contributed by atoms with E-state index in [9.17, 15) is 9.59 Å². The van der Waals surface area contributed by atoms with Gasteiger partial charge in [-0.2, -0.15) is 5.10 Å². The highest BCUT2D eigenvalue weighted by Crippen LogP contribution is 2.36. The maximum atomic E-state index is 11.8. The van der Waals surface area contributed by atoms with Gasteiger partial charge in [-0.3, -0.25) is 9.59 Å². The Bertz CT molecular complexity index is 578. The molecular formula is C18H25N3O2. The summed E-state index contributed by atoms with van der Waals surface area (Å²) in [5.41, 5.74) is 4.23. The van der Waals surface area contributed by atoms with Gasteiger partial charge >= 0.3 is 11.8 Å². The molecule has 0 unspecified atom stereocenters. The number of carbonyl (C=O) groups is 2. The molecule has 0 atom stereocenters. The molecular weight excluding hydrogens is 290 g/mol. The van der Waals surface area contributed by atoms with Crippen molar-refractivity contribution in [3.8, 4) is 0 Å². The van der Waals surface area contributed by atoms with E-state index in [-0.39, 0.29) is 0 Å². The fourth-order valence-electron chi connectivity index (χ4n) is 2.82. The fourth-order valence-corrected chi connectivity index (χ4v) is 2.82. The van der Waals surface area contributed by atoms with E-state index in [0.29, 0.717) is 17.0 Å². The van der Waals surface area contributed by atoms with Crippen molar-refractivity contribution < 1.29 is 9.59 Å². The number of nitrogens with zero attached hydrogens (tertiary/aromatic N) is 1. The minimum absolute atomic E-state index is 0.310. The molecule has 0 aromatic heterocycles. The molecule has 0 aliphatic heterocycles. The van der Waals surface area contributed by atoms with Crippen LogP contribution in [0.4, 0.5) is 5.69 Å². The van der Waals surface area contributed by atoms with Gasteiger partial charge in [-0.15, -0.1) is 0 Å². The number of hydrogen-bond acceptors (Lipinski definition) is 3. The molecule has 23 heavy (non-hydrogen) atoms. The number of para-hydroxylation sites is 1. The summed E-state index contributed by atoms with van der Waals surface area (Å²) in [5.74, 6) is -0.762. The highest BCUT2D eigenvalue weighted by molar-refractivity contribution is 6.39. The first-order valence-corrected chi connectivity index (χ1v) is 8.08. The Morgan fingerprint density at radius 2 is 1.65 bits per heavy atom. The van der Waals surface area contributed by atoms with E-state index in [1.54, 1.807) is 24.3 Å². The van der Waals surface area contributed by atoms with E-state index in [0.717, 1.165) is 31.4 Å². The number of benzene rings is 1. The molecule has 1 aliphatic carbocycles. The first-order valence-electron chi connectivity index (χ1n) is 8.08. The highest BCUT2D eigenvalue weighted by atomic mass is 16.2. The monoisotopic (exact) mass is 315 g/mol. The third-order valence-electron chi connectivity index (χ3n) is 4.34. The highest BCUT2D eigenvalue weighted by Gasteiger charge is 2.28. The van der Waals surface area contributed by atoms with Gasteiger partial charge in [0.1, 0.15) is 0 Å². The zero-order valence-electron chi connectivity index (χ0n) is 14.1. The van der Waals surface area contributed by atoms with Crippen LogP contribution in [0.15, 0.2) is 35.4 Å². The van der Waals surface area contributed by atoms with Crippen LogP contribution >= 0.6 is 0 Å². The lowest BCUT2D eigenvalue weighted by Crippen LogP contribution is -2.33. The number of anilines is 1. The van der Waals surface area contributed by atoms with Gasteiger partial charge < -0.3 is 5.32 Å². The number of amides is 2. The molecule has 2 rings (SSSR count). The Kier molecular flexibility index (Phi) is 5.53. The summed E-state index contributed by atoms with van der Waals surface area (Å²) in [5, 5.41) is 6.65. The minimum Gasteiger partial charge on any atom is -0.318 e. The van der Waals surface area contributed by atoms with Gasteiger partial charge in [0, 0.05) is 11.4 Å². The molecule has 2 N–H and O–H groups in total. The van der Waals surface area contributed by atoms with Crippen LogP contribution < -0.4 is 10.7 Å². The van der Waals surface area contributed by atoms with Gasteiger partial charge in [0.2, 0.25) is 0 Å². The Morgan fingerprint density at radius 3 is 2.22 bits per heavy atom. The smallest absolute Gasteiger partial charge is 0.318 e. The summed E-state index contributed by atoms with van der Waals surface area (Å²) in [4.78, 5) is 23.6. The Hall–Kier alpha value is -2.17. The lowest BCUT2D eigenvalue weighted by Gasteiger charge is -2.34. The van der Waals surface area contributed by atoms with Gasteiger partial charge in [0.15, 0.2) is 0 Å². The van der Waals surface area contributed by atoms with Crippen molar-refractivity contribution in [1.82, 2.24) is 5.43 Å². The first kappa shape index (κ1) is 17.2. The van der Waals surface area contributed by atoms with Crippen molar-refractivity contribution in [1.29, 1.82) is 0 Å². The van der Waals surface area contributed by atoms with Gasteiger partial charge in [-0.1, -0.05) is 39.0 Å². The average molecular weight is 315 g/mol. The predicted molar refractivity (Wildman–Crippen MR) is 92.1 cm³/mol. The lowest BCUT2D eigenvalue weighted by molar-refractivity contribution is -0.136. The van der Waals surface area contributed by atoms with E-state index in [1.165, 1.54) is 0 Å². The summed E-state index contributed by atoms with van der Waals surface area (Å²) >= 11 is 0. The third kappa shape index (κ3) is 5.20. The van der Waals surface area contributed by atoms with Crippen LogP contribution in [0.3, 0.4) is 0 Å². The fraction of sp³-hybridized carbons (Fsp3) is 0.500. The van der Waals surface area contributed by atoms with Crippen LogP contribution in [-0.4, -0.2) is 17.5 Å². The third-order valence-corrected chi connectivity index (χ3v) is 4.34. The van der Waals surface area contributed by atoms with Crippen LogP contribution in [-0.2, 0) is 9.59 Å². The van der Waals surface area contributed by atoms with E-state index in [2.05, 4.69) is 36.6 Å². The number of hydrogen-bond donors (Lipinski definition) is 2. The van der Waals surface area contributed by atoms with Crippen LogP contribution in [0.2, 0.25) is 0 Å². The van der Waals surface area contributed by atoms with Crippen LogP contribution in [0.1, 0.15) is 46.5 Å². The Balaban J connectivity index is 1.81. The number of hydrazone groups is 1. The number of carbonyl (C=O) groups excluding carboxylic acids is 2. The first-order chi connectivity index (χ1) is 10.9. The van der Waals surface area contributed by atoms with Crippen LogP contribution in [0.5, 0.6) is 0 Å². The van der Waals surface area contributed by atoms with Gasteiger partial charge in [0.25, 0.3) is 0 Å². The van der Waals surface area contributed by atoms with Crippen molar-refractivity contribution in [2.45, 2.75) is 46.5 Å². The Labute approximate surface area is 137 Å².